The Kier molecular flexibility index (Phi) is 3.62. The maximum absolute atomic E-state index is 11.7. The van der Waals surface area contributed by atoms with Crippen LogP contribution in [0.4, 0.5) is 0 Å². The molecule has 0 spiro atoms. The largest absolute Gasteiger partial charge is 0.468 e. The highest BCUT2D eigenvalue weighted by Crippen LogP contribution is 2.42. The fraction of sp³-hybridized carbons (Fsp3) is 0.235. The molecule has 3 rings (SSSR count). The number of esters is 1. The summed E-state index contributed by atoms with van der Waals surface area (Å²) in [4.78, 5) is 11.7. The quantitative estimate of drug-likeness (QED) is 0.880. The summed E-state index contributed by atoms with van der Waals surface area (Å²) in [7, 11) is 1.40. The zero-order valence-corrected chi connectivity index (χ0v) is 12.0. The molecule has 0 radical (unpaired) electrons. The summed E-state index contributed by atoms with van der Waals surface area (Å²) in [6, 6.07) is 15.2. The number of para-hydroxylation sites is 2. The van der Waals surface area contributed by atoms with Crippen LogP contribution in [0.3, 0.4) is 0 Å². The van der Waals surface area contributed by atoms with Gasteiger partial charge in [-0.15, -0.1) is 0 Å². The van der Waals surface area contributed by atoms with E-state index in [0.717, 1.165) is 22.6 Å². The van der Waals surface area contributed by atoms with Crippen LogP contribution in [-0.2, 0) is 9.53 Å². The average Bonchev–Trinajstić information content (AvgIpc) is 2.53. The van der Waals surface area contributed by atoms with Crippen molar-refractivity contribution in [1.29, 1.82) is 0 Å². The Labute approximate surface area is 123 Å². The summed E-state index contributed by atoms with van der Waals surface area (Å²) in [6.45, 7) is 1.80. The van der Waals surface area contributed by atoms with E-state index in [4.69, 9.17) is 9.47 Å². The monoisotopic (exact) mass is 283 g/mol. The predicted molar refractivity (Wildman–Crippen MR) is 79.4 cm³/mol. The van der Waals surface area contributed by atoms with Gasteiger partial charge in [0.25, 0.3) is 0 Å². The molecule has 1 N–H and O–H groups in total. The van der Waals surface area contributed by atoms with Crippen LogP contribution >= 0.6 is 0 Å². The number of methoxy groups -OCH3 is 1. The number of carbonyl (C=O) groups is 1. The summed E-state index contributed by atoms with van der Waals surface area (Å²) in [6.07, 6.45) is 0. The van der Waals surface area contributed by atoms with Gasteiger partial charge in [-0.2, -0.15) is 0 Å². The summed E-state index contributed by atoms with van der Waals surface area (Å²) in [5.41, 5.74) is 2.04. The number of fused-ring (bicyclic) bond motifs is 2. The van der Waals surface area contributed by atoms with Crippen molar-refractivity contribution in [3.05, 3.63) is 59.7 Å². The number of hydrogen-bond acceptors (Lipinski definition) is 4. The van der Waals surface area contributed by atoms with Gasteiger partial charge in [0.15, 0.2) is 0 Å². The van der Waals surface area contributed by atoms with E-state index in [-0.39, 0.29) is 12.0 Å². The second kappa shape index (κ2) is 5.58. The van der Waals surface area contributed by atoms with Crippen molar-refractivity contribution in [1.82, 2.24) is 5.32 Å². The molecule has 0 bridgehead atoms. The number of nitrogens with one attached hydrogen (secondary N) is 1. The number of hydrogen-bond donors (Lipinski definition) is 1. The van der Waals surface area contributed by atoms with Crippen LogP contribution in [0.2, 0.25) is 0 Å². The smallest absolute Gasteiger partial charge is 0.322 e. The Morgan fingerprint density at radius 3 is 2.14 bits per heavy atom. The lowest BCUT2D eigenvalue weighted by molar-refractivity contribution is -0.142. The minimum Gasteiger partial charge on any atom is -0.468 e. The maximum atomic E-state index is 11.7. The standard InChI is InChI=1S/C17H17NO3/c1-11(17(19)20-2)18-16-12-7-3-5-9-14(12)21-15-10-6-4-8-13(15)16/h3-11,16,18H,1-2H3. The first-order valence-electron chi connectivity index (χ1n) is 6.90. The lowest BCUT2D eigenvalue weighted by Gasteiger charge is -2.30. The molecule has 0 aliphatic carbocycles. The van der Waals surface area contributed by atoms with E-state index in [1.54, 1.807) is 6.92 Å². The van der Waals surface area contributed by atoms with E-state index in [2.05, 4.69) is 5.32 Å². The number of rotatable bonds is 3. The first-order chi connectivity index (χ1) is 10.2. The predicted octanol–water partition coefficient (Wildman–Crippen LogP) is 3.03. The first kappa shape index (κ1) is 13.6. The second-order valence-corrected chi connectivity index (χ2v) is 5.02. The molecule has 1 unspecified atom stereocenters. The van der Waals surface area contributed by atoms with Gasteiger partial charge in [-0.1, -0.05) is 36.4 Å². The third kappa shape index (κ3) is 2.50. The molecule has 2 aromatic carbocycles. The van der Waals surface area contributed by atoms with Gasteiger partial charge >= 0.3 is 5.97 Å². The number of carbonyl (C=O) groups excluding carboxylic acids is 1. The molecule has 4 heteroatoms. The SMILES string of the molecule is COC(=O)C(C)NC1c2ccccc2Oc2ccccc21. The van der Waals surface area contributed by atoms with E-state index >= 15 is 0 Å². The van der Waals surface area contributed by atoms with Crippen molar-refractivity contribution in [3.8, 4) is 11.5 Å². The minimum atomic E-state index is -0.404. The topological polar surface area (TPSA) is 47.6 Å². The fourth-order valence-corrected chi connectivity index (χ4v) is 2.58. The Bertz CT molecular complexity index is 623. The third-order valence-electron chi connectivity index (χ3n) is 3.65. The molecule has 2 aromatic rings. The second-order valence-electron chi connectivity index (χ2n) is 5.02. The Balaban J connectivity index is 2.00. The molecule has 1 atom stereocenters. The van der Waals surface area contributed by atoms with Gasteiger partial charge < -0.3 is 9.47 Å². The van der Waals surface area contributed by atoms with Crippen LogP contribution in [0.15, 0.2) is 48.5 Å². The molecule has 108 valence electrons. The molecule has 0 aromatic heterocycles. The molecule has 0 saturated carbocycles. The van der Waals surface area contributed by atoms with E-state index in [1.165, 1.54) is 7.11 Å². The molecular weight excluding hydrogens is 266 g/mol. The molecule has 1 aliphatic rings. The third-order valence-corrected chi connectivity index (χ3v) is 3.65. The number of ether oxygens (including phenoxy) is 2. The van der Waals surface area contributed by atoms with Gasteiger partial charge in [-0.25, -0.2) is 0 Å². The Morgan fingerprint density at radius 1 is 1.10 bits per heavy atom. The molecule has 0 saturated heterocycles. The molecule has 0 amide bonds. The van der Waals surface area contributed by atoms with Crippen molar-refractivity contribution >= 4 is 5.97 Å². The fourth-order valence-electron chi connectivity index (χ4n) is 2.58. The molecule has 1 heterocycles. The van der Waals surface area contributed by atoms with E-state index in [9.17, 15) is 4.79 Å². The summed E-state index contributed by atoms with van der Waals surface area (Å²) < 4.78 is 10.7. The lowest BCUT2D eigenvalue weighted by atomic mass is 9.94. The summed E-state index contributed by atoms with van der Waals surface area (Å²) in [5, 5.41) is 3.33. The van der Waals surface area contributed by atoms with E-state index in [1.807, 2.05) is 48.5 Å². The van der Waals surface area contributed by atoms with Gasteiger partial charge in [0.2, 0.25) is 0 Å². The molecule has 4 nitrogen and oxygen atoms in total. The molecule has 21 heavy (non-hydrogen) atoms. The number of benzene rings is 2. The van der Waals surface area contributed by atoms with Crippen LogP contribution in [-0.4, -0.2) is 19.1 Å². The van der Waals surface area contributed by atoms with Crippen molar-refractivity contribution in [2.24, 2.45) is 0 Å². The van der Waals surface area contributed by atoms with Gasteiger partial charge in [0.05, 0.1) is 13.2 Å². The highest BCUT2D eigenvalue weighted by molar-refractivity contribution is 5.75. The Hall–Kier alpha value is -2.33. The Morgan fingerprint density at radius 2 is 1.62 bits per heavy atom. The van der Waals surface area contributed by atoms with Gasteiger partial charge in [0, 0.05) is 11.1 Å². The van der Waals surface area contributed by atoms with Crippen molar-refractivity contribution in [2.45, 2.75) is 19.0 Å². The molecule has 1 aliphatic heterocycles. The highest BCUT2D eigenvalue weighted by Gasteiger charge is 2.29. The zero-order chi connectivity index (χ0) is 14.8. The zero-order valence-electron chi connectivity index (χ0n) is 12.0. The van der Waals surface area contributed by atoms with Crippen LogP contribution in [0.25, 0.3) is 0 Å². The van der Waals surface area contributed by atoms with Crippen LogP contribution in [0.1, 0.15) is 24.1 Å². The maximum Gasteiger partial charge on any atom is 0.322 e. The summed E-state index contributed by atoms with van der Waals surface area (Å²) >= 11 is 0. The summed E-state index contributed by atoms with van der Waals surface area (Å²) in [5.74, 6) is 1.34. The van der Waals surface area contributed by atoms with Crippen molar-refractivity contribution < 1.29 is 14.3 Å². The van der Waals surface area contributed by atoms with Crippen molar-refractivity contribution in [2.75, 3.05) is 7.11 Å². The van der Waals surface area contributed by atoms with Gasteiger partial charge in [0.1, 0.15) is 17.5 Å². The molecule has 0 fully saturated rings. The first-order valence-corrected chi connectivity index (χ1v) is 6.90. The van der Waals surface area contributed by atoms with Crippen molar-refractivity contribution in [3.63, 3.8) is 0 Å². The van der Waals surface area contributed by atoms with Crippen LogP contribution in [0.5, 0.6) is 11.5 Å². The van der Waals surface area contributed by atoms with E-state index in [0.29, 0.717) is 0 Å². The van der Waals surface area contributed by atoms with Crippen LogP contribution < -0.4 is 10.1 Å². The van der Waals surface area contributed by atoms with Gasteiger partial charge in [-0.05, 0) is 19.1 Å². The lowest BCUT2D eigenvalue weighted by Crippen LogP contribution is -2.38. The van der Waals surface area contributed by atoms with Crippen LogP contribution in [0, 0.1) is 0 Å². The normalized spacial score (nSPS) is 14.6. The van der Waals surface area contributed by atoms with E-state index < -0.39 is 6.04 Å². The van der Waals surface area contributed by atoms with Gasteiger partial charge in [-0.3, -0.25) is 10.1 Å². The minimum absolute atomic E-state index is 0.0970. The average molecular weight is 283 g/mol. The highest BCUT2D eigenvalue weighted by atomic mass is 16.5. The molecular formula is C17H17NO3.